The molecule has 0 spiro atoms. The molecule has 0 aliphatic carbocycles. The van der Waals surface area contributed by atoms with Crippen LogP contribution >= 0.6 is 0 Å². The van der Waals surface area contributed by atoms with Gasteiger partial charge in [0.25, 0.3) is 0 Å². The molecule has 35 heavy (non-hydrogen) atoms. The normalized spacial score (nSPS) is 16.1. The number of fused-ring (bicyclic) bond motifs is 1. The highest BCUT2D eigenvalue weighted by Crippen LogP contribution is 2.31. The van der Waals surface area contributed by atoms with Crippen LogP contribution in [-0.4, -0.2) is 82.4 Å². The molecule has 1 unspecified atom stereocenters. The van der Waals surface area contributed by atoms with Crippen LogP contribution in [0.1, 0.15) is 12.0 Å². The number of nitrogens with zero attached hydrogens (tertiary/aromatic N) is 3. The molecule has 1 aliphatic heterocycles. The van der Waals surface area contributed by atoms with E-state index in [1.165, 1.54) is 7.11 Å². The van der Waals surface area contributed by atoms with E-state index in [0.29, 0.717) is 20.8 Å². The van der Waals surface area contributed by atoms with Gasteiger partial charge in [-0.1, -0.05) is 18.2 Å². The maximum absolute atomic E-state index is 13.3. The Bertz CT molecular complexity index is 1240. The monoisotopic (exact) mass is 510 g/mol. The number of para-hydroxylation sites is 1. The van der Waals surface area contributed by atoms with Gasteiger partial charge in [0.15, 0.2) is 5.92 Å². The second-order valence-corrected chi connectivity index (χ2v) is 9.98. The molecule has 3 rings (SSSR count). The molecule has 0 bridgehead atoms. The third kappa shape index (κ3) is 5.44. The minimum Gasteiger partial charge on any atom is -0.481 e. The number of ether oxygens (including phenoxy) is 1. The summed E-state index contributed by atoms with van der Waals surface area (Å²) in [5, 5.41) is 18.8. The molecule has 1 aromatic carbocycles. The van der Waals surface area contributed by atoms with E-state index in [1.807, 2.05) is 0 Å². The maximum atomic E-state index is 13.3. The van der Waals surface area contributed by atoms with E-state index in [1.54, 1.807) is 35.0 Å². The van der Waals surface area contributed by atoms with Crippen LogP contribution in [0.3, 0.4) is 0 Å². The lowest BCUT2D eigenvalue weighted by molar-refractivity contribution is -0.157. The van der Waals surface area contributed by atoms with Gasteiger partial charge in [-0.25, -0.2) is 4.31 Å². The largest absolute Gasteiger partial charge is 0.481 e. The summed E-state index contributed by atoms with van der Waals surface area (Å²) in [4.78, 5) is 46.3. The third-order valence-electron chi connectivity index (χ3n) is 5.79. The molecule has 2 heterocycles. The average molecular weight is 511 g/mol. The number of aromatic nitrogens is 1. The van der Waals surface area contributed by atoms with Crippen molar-refractivity contribution in [1.29, 1.82) is 0 Å². The summed E-state index contributed by atoms with van der Waals surface area (Å²) >= 11 is 0. The number of carbonyl (C=O) groups excluding carboxylic acids is 2. The Morgan fingerprint density at radius 1 is 1.23 bits per heavy atom. The number of carboxylic acids is 2. The number of nitrogens with two attached hydrogens (primary N) is 1. The Kier molecular flexibility index (Phi) is 7.77. The molecule has 1 fully saturated rings. The van der Waals surface area contributed by atoms with Crippen LogP contribution in [0.5, 0.6) is 0 Å². The second kappa shape index (κ2) is 10.4. The van der Waals surface area contributed by atoms with Gasteiger partial charge in [0.1, 0.15) is 6.54 Å². The lowest BCUT2D eigenvalue weighted by Gasteiger charge is -2.40. The van der Waals surface area contributed by atoms with Crippen LogP contribution in [0.2, 0.25) is 0 Å². The van der Waals surface area contributed by atoms with E-state index in [4.69, 9.17) is 20.7 Å². The van der Waals surface area contributed by atoms with Crippen molar-refractivity contribution >= 4 is 44.9 Å². The quantitative estimate of drug-likeness (QED) is 0.234. The molecule has 13 nitrogen and oxygen atoms in total. The van der Waals surface area contributed by atoms with E-state index < -0.39 is 52.2 Å². The third-order valence-corrected chi connectivity index (χ3v) is 7.64. The highest BCUT2D eigenvalue weighted by molar-refractivity contribution is 7.87. The van der Waals surface area contributed by atoms with E-state index in [0.717, 1.165) is 4.31 Å². The number of aliphatic carboxylic acids is 2. The summed E-state index contributed by atoms with van der Waals surface area (Å²) < 4.78 is 34.9. The molecular weight excluding hydrogens is 484 g/mol. The lowest BCUT2D eigenvalue weighted by atomic mass is 9.89. The molecule has 2 aromatic rings. The van der Waals surface area contributed by atoms with Crippen LogP contribution < -0.4 is 5.73 Å². The number of carbonyl (C=O) groups is 4. The van der Waals surface area contributed by atoms with E-state index in [9.17, 15) is 27.6 Å². The standard InChI is InChI=1S/C21H26N4O9S/c1-34-7-6-24(10-14-9-23(12-18(22)26)17-5-3-2-4-15(14)17)35(32,33)25-11-13(19(25)27)8-16(20(28)29)21(30)31/h2-5,9,13,16H,6-8,10-12H2,1H3,(H2,22,26)(H,28,29)(H,30,31). The second-order valence-electron chi connectivity index (χ2n) is 8.13. The molecule has 4 N–H and O–H groups in total. The Labute approximate surface area is 200 Å². The smallest absolute Gasteiger partial charge is 0.317 e. The summed E-state index contributed by atoms with van der Waals surface area (Å²) in [5.41, 5.74) is 6.58. The fraction of sp³-hybridized carbons (Fsp3) is 0.429. The topological polar surface area (TPSA) is 190 Å². The molecule has 1 atom stereocenters. The summed E-state index contributed by atoms with van der Waals surface area (Å²) in [6, 6.07) is 7.06. The Balaban J connectivity index is 1.85. The van der Waals surface area contributed by atoms with E-state index >= 15 is 0 Å². The van der Waals surface area contributed by atoms with Crippen LogP contribution in [-0.2, 0) is 47.2 Å². The minimum atomic E-state index is -4.33. The van der Waals surface area contributed by atoms with Crippen molar-refractivity contribution in [3.8, 4) is 0 Å². The highest BCUT2D eigenvalue weighted by Gasteiger charge is 2.48. The molecule has 14 heteroatoms. The number of methoxy groups -OCH3 is 1. The van der Waals surface area contributed by atoms with Crippen molar-refractivity contribution in [1.82, 2.24) is 13.2 Å². The predicted molar refractivity (Wildman–Crippen MR) is 121 cm³/mol. The zero-order valence-corrected chi connectivity index (χ0v) is 19.7. The molecule has 1 aliphatic rings. The number of rotatable bonds is 13. The molecule has 2 amide bonds. The molecule has 1 saturated heterocycles. The van der Waals surface area contributed by atoms with Crippen molar-refractivity contribution in [3.05, 3.63) is 36.0 Å². The van der Waals surface area contributed by atoms with Crippen molar-refractivity contribution in [2.75, 3.05) is 26.8 Å². The van der Waals surface area contributed by atoms with Crippen molar-refractivity contribution in [2.24, 2.45) is 17.6 Å². The first-order valence-corrected chi connectivity index (χ1v) is 12.0. The van der Waals surface area contributed by atoms with Gasteiger partial charge in [0, 0.05) is 43.8 Å². The Morgan fingerprint density at radius 2 is 1.89 bits per heavy atom. The van der Waals surface area contributed by atoms with Gasteiger partial charge >= 0.3 is 22.1 Å². The number of benzene rings is 1. The van der Waals surface area contributed by atoms with Crippen LogP contribution in [0.15, 0.2) is 30.5 Å². The molecule has 1 aromatic heterocycles. The fourth-order valence-corrected chi connectivity index (χ4v) is 5.61. The van der Waals surface area contributed by atoms with Gasteiger partial charge in [0.05, 0.1) is 12.5 Å². The summed E-state index contributed by atoms with van der Waals surface area (Å²) in [6.07, 6.45) is 1.12. The minimum absolute atomic E-state index is 0.0325. The number of primary amides is 1. The van der Waals surface area contributed by atoms with Gasteiger partial charge in [-0.2, -0.15) is 12.7 Å². The Morgan fingerprint density at radius 3 is 2.46 bits per heavy atom. The zero-order valence-electron chi connectivity index (χ0n) is 18.9. The first-order valence-electron chi connectivity index (χ1n) is 10.6. The van der Waals surface area contributed by atoms with Gasteiger partial charge in [-0.05, 0) is 18.1 Å². The molecular formula is C21H26N4O9S. The van der Waals surface area contributed by atoms with Crippen LogP contribution in [0.25, 0.3) is 10.9 Å². The van der Waals surface area contributed by atoms with Crippen molar-refractivity contribution in [2.45, 2.75) is 19.5 Å². The fourth-order valence-electron chi connectivity index (χ4n) is 3.98. The zero-order chi connectivity index (χ0) is 25.9. The highest BCUT2D eigenvalue weighted by atomic mass is 32.2. The SMILES string of the molecule is COCCN(Cc1cn(CC(N)=O)c2ccccc12)S(=O)(=O)N1CC(CC(C(=O)O)C(=O)O)C1=O. The summed E-state index contributed by atoms with van der Waals surface area (Å²) in [5.74, 6) is -7.48. The number of β-lactam (4-membered cyclic amide) rings is 1. The van der Waals surface area contributed by atoms with Gasteiger partial charge in [0.2, 0.25) is 11.8 Å². The van der Waals surface area contributed by atoms with Gasteiger partial charge < -0.3 is 25.3 Å². The number of hydrogen-bond acceptors (Lipinski definition) is 7. The van der Waals surface area contributed by atoms with Crippen molar-refractivity contribution in [3.63, 3.8) is 0 Å². The predicted octanol–water partition coefficient (Wildman–Crippen LogP) is -0.546. The summed E-state index contributed by atoms with van der Waals surface area (Å²) in [6.45, 7) is -0.628. The van der Waals surface area contributed by atoms with Gasteiger partial charge in [-0.15, -0.1) is 0 Å². The maximum Gasteiger partial charge on any atom is 0.317 e. The van der Waals surface area contributed by atoms with Crippen LogP contribution in [0, 0.1) is 11.8 Å². The first kappa shape index (κ1) is 26.1. The lowest BCUT2D eigenvalue weighted by Crippen LogP contribution is -2.60. The first-order chi connectivity index (χ1) is 16.5. The van der Waals surface area contributed by atoms with E-state index in [2.05, 4.69) is 0 Å². The molecule has 0 radical (unpaired) electrons. The van der Waals surface area contributed by atoms with Crippen molar-refractivity contribution < 1.29 is 42.5 Å². The molecule has 190 valence electrons. The molecule has 0 saturated carbocycles. The summed E-state index contributed by atoms with van der Waals surface area (Å²) in [7, 11) is -2.94. The van der Waals surface area contributed by atoms with E-state index in [-0.39, 0.29) is 32.8 Å². The van der Waals surface area contributed by atoms with Crippen LogP contribution in [0.4, 0.5) is 0 Å². The number of carboxylic acid groups (broad SMARTS) is 2. The average Bonchev–Trinajstić information content (AvgIpc) is 3.11. The van der Waals surface area contributed by atoms with Gasteiger partial charge in [-0.3, -0.25) is 19.2 Å². The number of hydrogen-bond donors (Lipinski definition) is 3. The Hall–Kier alpha value is -3.49. The number of amides is 2.